The van der Waals surface area contributed by atoms with Gasteiger partial charge >= 0.3 is 0 Å². The van der Waals surface area contributed by atoms with Crippen LogP contribution >= 0.6 is 0 Å². The van der Waals surface area contributed by atoms with Crippen LogP contribution in [-0.2, 0) is 0 Å². The Bertz CT molecular complexity index is 3160. The normalized spacial score (nSPS) is 10.8. The predicted octanol–water partition coefficient (Wildman–Crippen LogP) is 19.0. The first-order chi connectivity index (χ1) is 35.2. The molecule has 0 amide bonds. The van der Waals surface area contributed by atoms with Gasteiger partial charge in [-0.2, -0.15) is 0 Å². The standard InChI is InChI=1S/C66H50N4O/c1-9-26-50(27-10-1)64-42-25-43-65(51-28-11-2-12-29-51)66(64)70(58-44-53(67-52-30-13-3-14-31-52)45-63(49-58)71-62-40-23-8-24-41-62)61-47-59(68(54-32-15-4-16-33-54)55-34-17-5-18-35-55)46-60(48-61)69(56-36-19-6-20-37-56)57-38-21-7-22-39-57/h1-49,67H. The number of rotatable bonds is 15. The van der Waals surface area contributed by atoms with E-state index in [-0.39, 0.29) is 0 Å². The van der Waals surface area contributed by atoms with Crippen molar-refractivity contribution in [2.45, 2.75) is 0 Å². The number of anilines is 11. The van der Waals surface area contributed by atoms with Crippen molar-refractivity contribution in [1.82, 2.24) is 0 Å². The summed E-state index contributed by atoms with van der Waals surface area (Å²) in [6.45, 7) is 0. The van der Waals surface area contributed by atoms with Crippen molar-refractivity contribution in [2.75, 3.05) is 20.0 Å². The van der Waals surface area contributed by atoms with E-state index in [2.05, 4.69) is 269 Å². The SMILES string of the molecule is c1ccc(Nc2cc(Oc3ccccc3)cc(N(c3cc(N(c4ccccc4)c4ccccc4)cc(N(c4ccccc4)c4ccccc4)c3)c3c(-c4ccccc4)cccc3-c3ccccc3)c2)cc1. The van der Waals surface area contributed by atoms with E-state index in [1.165, 1.54) is 0 Å². The van der Waals surface area contributed by atoms with E-state index in [4.69, 9.17) is 4.74 Å². The fourth-order valence-corrected chi connectivity index (χ4v) is 9.22. The maximum absolute atomic E-state index is 6.82. The van der Waals surface area contributed by atoms with E-state index < -0.39 is 0 Å². The second-order valence-electron chi connectivity index (χ2n) is 17.1. The molecule has 0 aromatic heterocycles. The van der Waals surface area contributed by atoms with E-state index in [1.54, 1.807) is 0 Å². The molecule has 5 nitrogen and oxygen atoms in total. The third-order valence-electron chi connectivity index (χ3n) is 12.3. The quantitative estimate of drug-likeness (QED) is 0.111. The molecule has 0 aliphatic rings. The smallest absolute Gasteiger partial charge is 0.131 e. The number of hydrogen-bond donors (Lipinski definition) is 1. The molecule has 11 aromatic carbocycles. The molecule has 0 atom stereocenters. The van der Waals surface area contributed by atoms with Gasteiger partial charge in [-0.25, -0.2) is 0 Å². The topological polar surface area (TPSA) is 31.0 Å². The van der Waals surface area contributed by atoms with E-state index in [1.807, 2.05) is 48.5 Å². The van der Waals surface area contributed by atoms with Gasteiger partial charge in [0.25, 0.3) is 0 Å². The molecular formula is C66H50N4O. The summed E-state index contributed by atoms with van der Waals surface area (Å²) in [6.07, 6.45) is 0. The maximum atomic E-state index is 6.82. The third-order valence-corrected chi connectivity index (χ3v) is 12.3. The van der Waals surface area contributed by atoms with Crippen LogP contribution in [0.1, 0.15) is 0 Å². The average Bonchev–Trinajstić information content (AvgIpc) is 3.43. The van der Waals surface area contributed by atoms with Gasteiger partial charge in [0.15, 0.2) is 0 Å². The van der Waals surface area contributed by atoms with Gasteiger partial charge < -0.3 is 24.8 Å². The molecule has 0 fully saturated rings. The minimum absolute atomic E-state index is 0.678. The van der Waals surface area contributed by atoms with Gasteiger partial charge in [-0.3, -0.25) is 0 Å². The van der Waals surface area contributed by atoms with Crippen molar-refractivity contribution >= 4 is 62.6 Å². The Balaban J connectivity index is 1.26. The fourth-order valence-electron chi connectivity index (χ4n) is 9.22. The molecule has 71 heavy (non-hydrogen) atoms. The van der Waals surface area contributed by atoms with E-state index >= 15 is 0 Å². The molecule has 0 heterocycles. The molecule has 0 saturated carbocycles. The van der Waals surface area contributed by atoms with Gasteiger partial charge in [-0.1, -0.05) is 188 Å². The van der Waals surface area contributed by atoms with Crippen LogP contribution in [0.2, 0.25) is 0 Å². The Morgan fingerprint density at radius 3 is 1.01 bits per heavy atom. The second kappa shape index (κ2) is 20.7. The molecule has 0 aliphatic carbocycles. The molecule has 0 spiro atoms. The first-order valence-corrected chi connectivity index (χ1v) is 23.9. The van der Waals surface area contributed by atoms with Gasteiger partial charge in [0.1, 0.15) is 11.5 Å². The lowest BCUT2D eigenvalue weighted by molar-refractivity contribution is 0.483. The van der Waals surface area contributed by atoms with E-state index in [0.29, 0.717) is 5.75 Å². The Kier molecular flexibility index (Phi) is 12.8. The Labute approximate surface area is 416 Å². The number of nitrogens with one attached hydrogen (secondary N) is 1. The zero-order valence-corrected chi connectivity index (χ0v) is 39.0. The highest BCUT2D eigenvalue weighted by Gasteiger charge is 2.27. The van der Waals surface area contributed by atoms with Crippen molar-refractivity contribution < 1.29 is 4.74 Å². The maximum Gasteiger partial charge on any atom is 0.131 e. The molecule has 0 bridgehead atoms. The van der Waals surface area contributed by atoms with E-state index in [0.717, 1.165) is 90.6 Å². The number of ether oxygens (including phenoxy) is 1. The van der Waals surface area contributed by atoms with Crippen LogP contribution in [0.25, 0.3) is 22.3 Å². The second-order valence-corrected chi connectivity index (χ2v) is 17.1. The minimum Gasteiger partial charge on any atom is -0.457 e. The molecule has 11 rings (SSSR count). The number of nitrogens with zero attached hydrogens (tertiary/aromatic N) is 3. The molecule has 11 aromatic rings. The van der Waals surface area contributed by atoms with Crippen LogP contribution in [0.5, 0.6) is 11.5 Å². The van der Waals surface area contributed by atoms with Crippen LogP contribution < -0.4 is 24.8 Å². The molecular weight excluding hydrogens is 865 g/mol. The summed E-state index contributed by atoms with van der Waals surface area (Å²) < 4.78 is 6.82. The zero-order chi connectivity index (χ0) is 47.6. The number of benzene rings is 11. The summed E-state index contributed by atoms with van der Waals surface area (Å²) in [4.78, 5) is 7.11. The van der Waals surface area contributed by atoms with Gasteiger partial charge in [0.05, 0.1) is 28.4 Å². The van der Waals surface area contributed by atoms with E-state index in [9.17, 15) is 0 Å². The number of hydrogen-bond acceptors (Lipinski definition) is 5. The fraction of sp³-hybridized carbons (Fsp3) is 0. The van der Waals surface area contributed by atoms with Crippen LogP contribution in [0.4, 0.5) is 62.6 Å². The molecule has 0 aliphatic heterocycles. The highest BCUT2D eigenvalue weighted by Crippen LogP contribution is 2.51. The van der Waals surface area contributed by atoms with Crippen LogP contribution in [0, 0.1) is 0 Å². The lowest BCUT2D eigenvalue weighted by Crippen LogP contribution is -2.17. The van der Waals surface area contributed by atoms with Gasteiger partial charge in [0, 0.05) is 57.4 Å². The Morgan fingerprint density at radius 2 is 0.592 bits per heavy atom. The lowest BCUT2D eigenvalue weighted by atomic mass is 9.94. The summed E-state index contributed by atoms with van der Waals surface area (Å²) in [7, 11) is 0. The predicted molar refractivity (Wildman–Crippen MR) is 298 cm³/mol. The average molecular weight is 915 g/mol. The largest absolute Gasteiger partial charge is 0.457 e. The summed E-state index contributed by atoms with van der Waals surface area (Å²) in [5.74, 6) is 1.42. The Hall–Kier alpha value is -9.58. The highest BCUT2D eigenvalue weighted by atomic mass is 16.5. The van der Waals surface area contributed by atoms with Crippen molar-refractivity contribution in [3.05, 3.63) is 297 Å². The van der Waals surface area contributed by atoms with Crippen LogP contribution in [0.3, 0.4) is 0 Å². The molecule has 0 saturated heterocycles. The third kappa shape index (κ3) is 9.89. The Morgan fingerprint density at radius 1 is 0.239 bits per heavy atom. The van der Waals surface area contributed by atoms with Crippen molar-refractivity contribution in [2.24, 2.45) is 0 Å². The molecule has 0 radical (unpaired) electrons. The van der Waals surface area contributed by atoms with Crippen LogP contribution in [0.15, 0.2) is 297 Å². The van der Waals surface area contributed by atoms with Gasteiger partial charge in [0.2, 0.25) is 0 Å². The van der Waals surface area contributed by atoms with Crippen molar-refractivity contribution in [3.63, 3.8) is 0 Å². The van der Waals surface area contributed by atoms with Crippen molar-refractivity contribution in [3.8, 4) is 33.8 Å². The summed E-state index contributed by atoms with van der Waals surface area (Å²) in [5.41, 5.74) is 15.0. The highest BCUT2D eigenvalue weighted by molar-refractivity contribution is 6.00. The zero-order valence-electron chi connectivity index (χ0n) is 39.0. The molecule has 340 valence electrons. The molecule has 1 N–H and O–H groups in total. The molecule has 5 heteroatoms. The first-order valence-electron chi connectivity index (χ1n) is 23.9. The summed E-state index contributed by atoms with van der Waals surface area (Å²) >= 11 is 0. The lowest BCUT2D eigenvalue weighted by Gasteiger charge is -2.34. The first kappa shape index (κ1) is 44.0. The van der Waals surface area contributed by atoms with Gasteiger partial charge in [-0.15, -0.1) is 0 Å². The number of para-hydroxylation sites is 7. The summed E-state index contributed by atoms with van der Waals surface area (Å²) in [5, 5.41) is 3.74. The minimum atomic E-state index is 0.678. The summed E-state index contributed by atoms with van der Waals surface area (Å²) in [6, 6.07) is 104. The van der Waals surface area contributed by atoms with Crippen LogP contribution in [-0.4, -0.2) is 0 Å². The molecule has 0 unspecified atom stereocenters. The van der Waals surface area contributed by atoms with Crippen molar-refractivity contribution in [1.29, 1.82) is 0 Å². The monoisotopic (exact) mass is 914 g/mol. The van der Waals surface area contributed by atoms with Gasteiger partial charge in [-0.05, 0) is 108 Å².